The molecule has 0 aliphatic heterocycles. The monoisotopic (exact) mass is 236 g/mol. The van der Waals surface area contributed by atoms with Gasteiger partial charge in [0.25, 0.3) is 0 Å². The van der Waals surface area contributed by atoms with E-state index in [1.165, 1.54) is 0 Å². The van der Waals surface area contributed by atoms with Crippen LogP contribution in [0, 0.1) is 0 Å². The van der Waals surface area contributed by atoms with Crippen LogP contribution < -0.4 is 5.43 Å². The SMILES string of the molecule is C(=N\Nc1ccccn1)/c1c[nH]c2ccccc12. The summed E-state index contributed by atoms with van der Waals surface area (Å²) in [6, 6.07) is 13.8. The number of hydrogen-bond acceptors (Lipinski definition) is 3. The van der Waals surface area contributed by atoms with Gasteiger partial charge in [-0.25, -0.2) is 4.98 Å². The molecule has 0 saturated heterocycles. The van der Waals surface area contributed by atoms with Crippen LogP contribution >= 0.6 is 0 Å². The molecule has 0 unspecified atom stereocenters. The molecule has 0 amide bonds. The molecular weight excluding hydrogens is 224 g/mol. The minimum atomic E-state index is 0.730. The molecule has 88 valence electrons. The van der Waals surface area contributed by atoms with Crippen LogP contribution in [0.15, 0.2) is 60.0 Å². The van der Waals surface area contributed by atoms with E-state index in [0.29, 0.717) is 0 Å². The fourth-order valence-electron chi connectivity index (χ4n) is 1.80. The van der Waals surface area contributed by atoms with Gasteiger partial charge in [0, 0.05) is 28.9 Å². The van der Waals surface area contributed by atoms with Gasteiger partial charge in [0.05, 0.1) is 6.21 Å². The Morgan fingerprint density at radius 1 is 1.11 bits per heavy atom. The second kappa shape index (κ2) is 4.71. The summed E-state index contributed by atoms with van der Waals surface area (Å²) in [5.41, 5.74) is 5.05. The zero-order valence-electron chi connectivity index (χ0n) is 9.67. The van der Waals surface area contributed by atoms with Gasteiger partial charge < -0.3 is 4.98 Å². The van der Waals surface area contributed by atoms with Crippen LogP contribution in [0.25, 0.3) is 10.9 Å². The van der Waals surface area contributed by atoms with Crippen molar-refractivity contribution in [3.05, 3.63) is 60.4 Å². The molecule has 18 heavy (non-hydrogen) atoms. The van der Waals surface area contributed by atoms with Gasteiger partial charge in [-0.3, -0.25) is 5.43 Å². The number of nitrogens with zero attached hydrogens (tertiary/aromatic N) is 2. The number of hydrogen-bond donors (Lipinski definition) is 2. The Morgan fingerprint density at radius 2 is 2.00 bits per heavy atom. The largest absolute Gasteiger partial charge is 0.361 e. The lowest BCUT2D eigenvalue weighted by Crippen LogP contribution is -1.91. The molecule has 0 atom stereocenters. The molecule has 0 bridgehead atoms. The Morgan fingerprint density at radius 3 is 2.89 bits per heavy atom. The summed E-state index contributed by atoms with van der Waals surface area (Å²) in [4.78, 5) is 7.33. The maximum atomic E-state index is 4.18. The van der Waals surface area contributed by atoms with Crippen molar-refractivity contribution in [2.75, 3.05) is 5.43 Å². The Labute approximate surface area is 104 Å². The number of H-pyrrole nitrogens is 1. The molecule has 4 nitrogen and oxygen atoms in total. The fourth-order valence-corrected chi connectivity index (χ4v) is 1.80. The highest BCUT2D eigenvalue weighted by Gasteiger charge is 1.99. The molecule has 0 saturated carbocycles. The number of anilines is 1. The summed E-state index contributed by atoms with van der Waals surface area (Å²) in [5, 5.41) is 5.33. The van der Waals surface area contributed by atoms with Gasteiger partial charge in [-0.05, 0) is 18.2 Å². The van der Waals surface area contributed by atoms with Crippen molar-refractivity contribution in [2.45, 2.75) is 0 Å². The van der Waals surface area contributed by atoms with E-state index >= 15 is 0 Å². The second-order valence-corrected chi connectivity index (χ2v) is 3.87. The Hall–Kier alpha value is -2.62. The van der Waals surface area contributed by atoms with E-state index < -0.39 is 0 Å². The normalized spacial score (nSPS) is 11.1. The highest BCUT2D eigenvalue weighted by molar-refractivity contribution is 5.99. The third kappa shape index (κ3) is 2.08. The maximum absolute atomic E-state index is 4.18. The predicted molar refractivity (Wildman–Crippen MR) is 73.8 cm³/mol. The first kappa shape index (κ1) is 10.5. The second-order valence-electron chi connectivity index (χ2n) is 3.87. The summed E-state index contributed by atoms with van der Waals surface area (Å²) >= 11 is 0. The molecule has 3 aromatic rings. The lowest BCUT2D eigenvalue weighted by molar-refractivity contribution is 1.23. The van der Waals surface area contributed by atoms with Gasteiger partial charge >= 0.3 is 0 Å². The number of pyridine rings is 1. The molecule has 0 aliphatic rings. The Kier molecular flexibility index (Phi) is 2.75. The van der Waals surface area contributed by atoms with Crippen LogP contribution in [0.2, 0.25) is 0 Å². The van der Waals surface area contributed by atoms with E-state index in [0.717, 1.165) is 22.3 Å². The van der Waals surface area contributed by atoms with Gasteiger partial charge in [0.2, 0.25) is 0 Å². The van der Waals surface area contributed by atoms with Crippen molar-refractivity contribution in [1.82, 2.24) is 9.97 Å². The van der Waals surface area contributed by atoms with Crippen molar-refractivity contribution in [1.29, 1.82) is 0 Å². The summed E-state index contributed by atoms with van der Waals surface area (Å²) in [7, 11) is 0. The number of aromatic nitrogens is 2. The molecule has 3 rings (SSSR count). The molecular formula is C14H12N4. The van der Waals surface area contributed by atoms with E-state index in [9.17, 15) is 0 Å². The molecule has 4 heteroatoms. The predicted octanol–water partition coefficient (Wildman–Crippen LogP) is 3.01. The van der Waals surface area contributed by atoms with Crippen LogP contribution in [0.1, 0.15) is 5.56 Å². The Balaban J connectivity index is 1.80. The fraction of sp³-hybridized carbons (Fsp3) is 0. The minimum Gasteiger partial charge on any atom is -0.361 e. The molecule has 1 aromatic carbocycles. The van der Waals surface area contributed by atoms with Gasteiger partial charge in [0.15, 0.2) is 0 Å². The highest BCUT2D eigenvalue weighted by Crippen LogP contribution is 2.15. The number of nitrogens with one attached hydrogen (secondary N) is 2. The van der Waals surface area contributed by atoms with E-state index in [-0.39, 0.29) is 0 Å². The van der Waals surface area contributed by atoms with Gasteiger partial charge in [0.1, 0.15) is 5.82 Å². The molecule has 0 aliphatic carbocycles. The molecule has 0 fully saturated rings. The van der Waals surface area contributed by atoms with Crippen molar-refractivity contribution in [3.8, 4) is 0 Å². The standard InChI is InChI=1S/C14H12N4/c1-2-6-13-12(5-1)11(9-16-13)10-17-18-14-7-3-4-8-15-14/h1-10,16H,(H,15,18)/b17-10+. The molecule has 2 N–H and O–H groups in total. The van der Waals surface area contributed by atoms with Crippen LogP contribution in [0.5, 0.6) is 0 Å². The van der Waals surface area contributed by atoms with Crippen molar-refractivity contribution in [3.63, 3.8) is 0 Å². The third-order valence-corrected chi connectivity index (χ3v) is 2.67. The zero-order valence-corrected chi connectivity index (χ0v) is 9.67. The number of fused-ring (bicyclic) bond motifs is 1. The van der Waals surface area contributed by atoms with E-state index in [2.05, 4.69) is 26.6 Å². The van der Waals surface area contributed by atoms with Crippen molar-refractivity contribution >= 4 is 22.9 Å². The quantitative estimate of drug-likeness (QED) is 0.542. The molecule has 0 spiro atoms. The number of aromatic amines is 1. The highest BCUT2D eigenvalue weighted by atomic mass is 15.3. The van der Waals surface area contributed by atoms with Crippen molar-refractivity contribution in [2.24, 2.45) is 5.10 Å². The smallest absolute Gasteiger partial charge is 0.146 e. The summed E-state index contributed by atoms with van der Waals surface area (Å²) in [6.07, 6.45) is 5.45. The van der Waals surface area contributed by atoms with Crippen LogP contribution in [0.4, 0.5) is 5.82 Å². The molecule has 2 aromatic heterocycles. The average Bonchev–Trinajstić information content (AvgIpc) is 2.84. The topological polar surface area (TPSA) is 53.1 Å². The Bertz CT molecular complexity index is 670. The first-order valence-corrected chi connectivity index (χ1v) is 5.70. The first-order chi connectivity index (χ1) is 8.93. The number of hydrazone groups is 1. The zero-order chi connectivity index (χ0) is 12.2. The van der Waals surface area contributed by atoms with Gasteiger partial charge in [-0.1, -0.05) is 24.3 Å². The minimum absolute atomic E-state index is 0.730. The van der Waals surface area contributed by atoms with Crippen LogP contribution in [-0.2, 0) is 0 Å². The maximum Gasteiger partial charge on any atom is 0.146 e. The number of rotatable bonds is 3. The van der Waals surface area contributed by atoms with E-state index in [1.54, 1.807) is 12.4 Å². The average molecular weight is 236 g/mol. The summed E-state index contributed by atoms with van der Waals surface area (Å²) in [5.74, 6) is 0.730. The van der Waals surface area contributed by atoms with Gasteiger partial charge in [-0.2, -0.15) is 5.10 Å². The first-order valence-electron chi connectivity index (χ1n) is 5.70. The molecule has 0 radical (unpaired) electrons. The summed E-state index contributed by atoms with van der Waals surface area (Å²) < 4.78 is 0. The lowest BCUT2D eigenvalue weighted by atomic mass is 10.2. The van der Waals surface area contributed by atoms with Crippen molar-refractivity contribution < 1.29 is 0 Å². The van der Waals surface area contributed by atoms with Crippen LogP contribution in [0.3, 0.4) is 0 Å². The van der Waals surface area contributed by atoms with Crippen LogP contribution in [-0.4, -0.2) is 16.2 Å². The third-order valence-electron chi connectivity index (χ3n) is 2.67. The van der Waals surface area contributed by atoms with E-state index in [4.69, 9.17) is 0 Å². The van der Waals surface area contributed by atoms with E-state index in [1.807, 2.05) is 42.6 Å². The number of benzene rings is 1. The lowest BCUT2D eigenvalue weighted by Gasteiger charge is -1.96. The van der Waals surface area contributed by atoms with Gasteiger partial charge in [-0.15, -0.1) is 0 Å². The number of para-hydroxylation sites is 1. The molecule has 2 heterocycles. The summed E-state index contributed by atoms with van der Waals surface area (Å²) in [6.45, 7) is 0.